The average molecular weight is 245 g/mol. The van der Waals surface area contributed by atoms with Crippen LogP contribution < -0.4 is 15.1 Å². The molecule has 18 heavy (non-hydrogen) atoms. The molecule has 1 atom stereocenters. The summed E-state index contributed by atoms with van der Waals surface area (Å²) < 4.78 is 0. The molecule has 0 aromatic heterocycles. The van der Waals surface area contributed by atoms with Gasteiger partial charge in [0.1, 0.15) is 0 Å². The molecule has 0 saturated carbocycles. The first-order chi connectivity index (χ1) is 8.68. The smallest absolute Gasteiger partial charge is 0.234 e. The molecule has 0 aliphatic carbocycles. The molecule has 4 heteroatoms. The van der Waals surface area contributed by atoms with Crippen molar-refractivity contribution in [2.24, 2.45) is 0 Å². The predicted molar refractivity (Wildman–Crippen MR) is 73.3 cm³/mol. The van der Waals surface area contributed by atoms with Crippen molar-refractivity contribution in [3.05, 3.63) is 23.8 Å². The van der Waals surface area contributed by atoms with E-state index in [1.54, 1.807) is 4.90 Å². The monoisotopic (exact) mass is 245 g/mol. The molecule has 0 spiro atoms. The van der Waals surface area contributed by atoms with Gasteiger partial charge in [-0.2, -0.15) is 0 Å². The van der Waals surface area contributed by atoms with Crippen molar-refractivity contribution < 1.29 is 4.79 Å². The second-order valence-electron chi connectivity index (χ2n) is 5.10. The Balaban J connectivity index is 1.94. The predicted octanol–water partition coefficient (Wildman–Crippen LogP) is 1.18. The number of nitrogens with one attached hydrogen (secondary N) is 1. The normalized spacial score (nSPS) is 23.4. The molecule has 96 valence electrons. The maximum absolute atomic E-state index is 12.0. The Labute approximate surface area is 108 Å². The number of rotatable bonds is 1. The van der Waals surface area contributed by atoms with Crippen LogP contribution in [0.2, 0.25) is 0 Å². The standard InChI is InChI=1S/C14H19N3O/c1-10-12-9-11(17-7-5-15-6-8-17)3-4-13(12)16(2)14(10)18/h3-4,9-10,15H,5-8H2,1-2H3. The van der Waals surface area contributed by atoms with Gasteiger partial charge in [-0.25, -0.2) is 0 Å². The fraction of sp³-hybridized carbons (Fsp3) is 0.500. The fourth-order valence-electron chi connectivity index (χ4n) is 2.86. The Kier molecular flexibility index (Phi) is 2.74. The van der Waals surface area contributed by atoms with Crippen LogP contribution in [0.5, 0.6) is 0 Å². The number of hydrogen-bond acceptors (Lipinski definition) is 3. The van der Waals surface area contributed by atoms with Gasteiger partial charge >= 0.3 is 0 Å². The van der Waals surface area contributed by atoms with Crippen molar-refractivity contribution in [3.63, 3.8) is 0 Å². The summed E-state index contributed by atoms with van der Waals surface area (Å²) in [7, 11) is 1.86. The molecular weight excluding hydrogens is 226 g/mol. The first kappa shape index (κ1) is 11.5. The van der Waals surface area contributed by atoms with Crippen LogP contribution in [0.1, 0.15) is 18.4 Å². The van der Waals surface area contributed by atoms with Gasteiger partial charge < -0.3 is 15.1 Å². The molecule has 1 aromatic carbocycles. The van der Waals surface area contributed by atoms with E-state index in [0.717, 1.165) is 31.9 Å². The second-order valence-corrected chi connectivity index (χ2v) is 5.10. The Morgan fingerprint density at radius 3 is 2.72 bits per heavy atom. The van der Waals surface area contributed by atoms with Crippen molar-refractivity contribution in [2.75, 3.05) is 43.0 Å². The lowest BCUT2D eigenvalue weighted by molar-refractivity contribution is -0.118. The lowest BCUT2D eigenvalue weighted by Crippen LogP contribution is -2.43. The van der Waals surface area contributed by atoms with Gasteiger partial charge in [0.05, 0.1) is 5.92 Å². The van der Waals surface area contributed by atoms with Crippen molar-refractivity contribution in [1.82, 2.24) is 5.32 Å². The minimum absolute atomic E-state index is 0.00661. The van der Waals surface area contributed by atoms with E-state index in [1.165, 1.54) is 11.3 Å². The summed E-state index contributed by atoms with van der Waals surface area (Å²) in [4.78, 5) is 16.1. The highest BCUT2D eigenvalue weighted by atomic mass is 16.2. The van der Waals surface area contributed by atoms with Gasteiger partial charge in [-0.3, -0.25) is 4.79 Å². The van der Waals surface area contributed by atoms with E-state index >= 15 is 0 Å². The van der Waals surface area contributed by atoms with Crippen molar-refractivity contribution in [3.8, 4) is 0 Å². The van der Waals surface area contributed by atoms with Gasteiger partial charge in [0.2, 0.25) is 5.91 Å². The van der Waals surface area contributed by atoms with E-state index in [1.807, 2.05) is 14.0 Å². The van der Waals surface area contributed by atoms with Crippen LogP contribution in [-0.4, -0.2) is 39.1 Å². The third kappa shape index (κ3) is 1.68. The average Bonchev–Trinajstić information content (AvgIpc) is 2.65. The van der Waals surface area contributed by atoms with Crippen molar-refractivity contribution in [1.29, 1.82) is 0 Å². The van der Waals surface area contributed by atoms with Crippen LogP contribution in [0.25, 0.3) is 0 Å². The van der Waals surface area contributed by atoms with Gasteiger partial charge in [0.15, 0.2) is 0 Å². The third-order valence-corrected chi connectivity index (χ3v) is 4.02. The number of benzene rings is 1. The summed E-state index contributed by atoms with van der Waals surface area (Å²) in [5.74, 6) is 0.190. The third-order valence-electron chi connectivity index (χ3n) is 4.02. The van der Waals surface area contributed by atoms with E-state index in [2.05, 4.69) is 28.4 Å². The highest BCUT2D eigenvalue weighted by molar-refractivity contribution is 6.04. The summed E-state index contributed by atoms with van der Waals surface area (Å²) in [5, 5.41) is 3.36. The second kappa shape index (κ2) is 4.28. The Morgan fingerprint density at radius 2 is 2.00 bits per heavy atom. The largest absolute Gasteiger partial charge is 0.369 e. The number of fused-ring (bicyclic) bond motifs is 1. The Hall–Kier alpha value is -1.55. The molecule has 1 saturated heterocycles. The highest BCUT2D eigenvalue weighted by Crippen LogP contribution is 2.38. The summed E-state index contributed by atoms with van der Waals surface area (Å²) in [6.07, 6.45) is 0. The Morgan fingerprint density at radius 1 is 1.28 bits per heavy atom. The number of hydrogen-bond donors (Lipinski definition) is 1. The summed E-state index contributed by atoms with van der Waals surface area (Å²) in [5.41, 5.74) is 3.47. The number of nitrogens with zero attached hydrogens (tertiary/aromatic N) is 2. The van der Waals surface area contributed by atoms with E-state index in [4.69, 9.17) is 0 Å². The van der Waals surface area contributed by atoms with Crippen LogP contribution in [0.4, 0.5) is 11.4 Å². The lowest BCUT2D eigenvalue weighted by Gasteiger charge is -2.30. The number of likely N-dealkylation sites (N-methyl/N-ethyl adjacent to an activating group) is 1. The zero-order chi connectivity index (χ0) is 12.7. The van der Waals surface area contributed by atoms with Crippen LogP contribution >= 0.6 is 0 Å². The van der Waals surface area contributed by atoms with Crippen molar-refractivity contribution >= 4 is 17.3 Å². The summed E-state index contributed by atoms with van der Waals surface area (Å²) in [6, 6.07) is 6.40. The van der Waals surface area contributed by atoms with Crippen LogP contribution in [0, 0.1) is 0 Å². The molecule has 2 aliphatic rings. The minimum atomic E-state index is -0.00661. The molecule has 0 radical (unpaired) electrons. The maximum atomic E-state index is 12.0. The van der Waals surface area contributed by atoms with Gasteiger partial charge in [-0.15, -0.1) is 0 Å². The quantitative estimate of drug-likeness (QED) is 0.807. The topological polar surface area (TPSA) is 35.6 Å². The molecule has 2 aliphatic heterocycles. The highest BCUT2D eigenvalue weighted by Gasteiger charge is 2.32. The van der Waals surface area contributed by atoms with Gasteiger partial charge in [-0.05, 0) is 30.7 Å². The first-order valence-electron chi connectivity index (χ1n) is 6.55. The van der Waals surface area contributed by atoms with E-state index < -0.39 is 0 Å². The number of carbonyl (C=O) groups excluding carboxylic acids is 1. The molecule has 1 N–H and O–H groups in total. The number of amides is 1. The summed E-state index contributed by atoms with van der Waals surface area (Å²) in [6.45, 7) is 6.14. The van der Waals surface area contributed by atoms with Crippen LogP contribution in [-0.2, 0) is 4.79 Å². The van der Waals surface area contributed by atoms with Crippen molar-refractivity contribution in [2.45, 2.75) is 12.8 Å². The first-order valence-corrected chi connectivity index (χ1v) is 6.55. The molecule has 1 aromatic rings. The van der Waals surface area contributed by atoms with Crippen LogP contribution in [0.15, 0.2) is 18.2 Å². The van der Waals surface area contributed by atoms with E-state index in [9.17, 15) is 4.79 Å². The molecule has 4 nitrogen and oxygen atoms in total. The molecule has 1 fully saturated rings. The number of anilines is 2. The molecule has 3 rings (SSSR count). The van der Waals surface area contributed by atoms with E-state index in [0.29, 0.717) is 0 Å². The zero-order valence-electron chi connectivity index (χ0n) is 10.9. The zero-order valence-corrected chi connectivity index (χ0v) is 10.9. The lowest BCUT2D eigenvalue weighted by atomic mass is 10.0. The van der Waals surface area contributed by atoms with Gasteiger partial charge in [0, 0.05) is 44.6 Å². The van der Waals surface area contributed by atoms with Gasteiger partial charge in [-0.1, -0.05) is 0 Å². The fourth-order valence-corrected chi connectivity index (χ4v) is 2.86. The molecule has 2 heterocycles. The van der Waals surface area contributed by atoms with E-state index in [-0.39, 0.29) is 11.8 Å². The molecule has 1 unspecified atom stereocenters. The number of piperazine rings is 1. The Bertz CT molecular complexity index is 480. The molecular formula is C14H19N3O. The van der Waals surface area contributed by atoms with Crippen LogP contribution in [0.3, 0.4) is 0 Å². The molecule has 0 bridgehead atoms. The molecule has 1 amide bonds. The minimum Gasteiger partial charge on any atom is -0.369 e. The van der Waals surface area contributed by atoms with Gasteiger partial charge in [0.25, 0.3) is 0 Å². The number of carbonyl (C=O) groups is 1. The summed E-state index contributed by atoms with van der Waals surface area (Å²) >= 11 is 0. The SMILES string of the molecule is CC1C(=O)N(C)c2ccc(N3CCNCC3)cc21. The maximum Gasteiger partial charge on any atom is 0.234 e.